The highest BCUT2D eigenvalue weighted by Crippen LogP contribution is 2.25. The van der Waals surface area contributed by atoms with E-state index >= 15 is 0 Å². The van der Waals surface area contributed by atoms with Crippen LogP contribution < -0.4 is 10.9 Å². The molecule has 4 rings (SSSR count). The van der Waals surface area contributed by atoms with Crippen LogP contribution in [0.4, 0.5) is 4.39 Å². The Hall–Kier alpha value is -3.50. The lowest BCUT2D eigenvalue weighted by Gasteiger charge is -2.15. The normalized spacial score (nSPS) is 14.1. The summed E-state index contributed by atoms with van der Waals surface area (Å²) in [5.74, 6) is -0.527. The SMILES string of the molecule is O=C(CCc1ccc(-c2ccccc2F)o1)NNC(=O)c1ccc(S(=O)(=O)N2CCCC2)cc1. The lowest BCUT2D eigenvalue weighted by Crippen LogP contribution is -2.41. The number of carbonyl (C=O) groups is 2. The van der Waals surface area contributed by atoms with Crippen molar-refractivity contribution in [2.24, 2.45) is 0 Å². The fraction of sp³-hybridized carbons (Fsp3) is 0.250. The zero-order chi connectivity index (χ0) is 24.1. The van der Waals surface area contributed by atoms with Gasteiger partial charge in [0, 0.05) is 31.5 Å². The second-order valence-electron chi connectivity index (χ2n) is 7.88. The number of hydrazine groups is 1. The van der Waals surface area contributed by atoms with Crippen LogP contribution >= 0.6 is 0 Å². The van der Waals surface area contributed by atoms with Gasteiger partial charge in [0.25, 0.3) is 5.91 Å². The molecular weight excluding hydrogens is 461 g/mol. The number of nitrogens with one attached hydrogen (secondary N) is 2. The summed E-state index contributed by atoms with van der Waals surface area (Å²) < 4.78 is 46.0. The van der Waals surface area contributed by atoms with Gasteiger partial charge in [-0.1, -0.05) is 12.1 Å². The number of rotatable bonds is 7. The Morgan fingerprint density at radius 3 is 2.35 bits per heavy atom. The fourth-order valence-electron chi connectivity index (χ4n) is 3.67. The van der Waals surface area contributed by atoms with Crippen LogP contribution in [0.1, 0.15) is 35.4 Å². The Morgan fingerprint density at radius 1 is 0.941 bits per heavy atom. The molecule has 178 valence electrons. The largest absolute Gasteiger partial charge is 0.461 e. The summed E-state index contributed by atoms with van der Waals surface area (Å²) in [7, 11) is -3.56. The van der Waals surface area contributed by atoms with Crippen LogP contribution in [0.25, 0.3) is 11.3 Å². The van der Waals surface area contributed by atoms with E-state index in [1.54, 1.807) is 30.3 Å². The fourth-order valence-corrected chi connectivity index (χ4v) is 5.19. The van der Waals surface area contributed by atoms with Gasteiger partial charge in [0.2, 0.25) is 15.9 Å². The zero-order valence-corrected chi connectivity index (χ0v) is 19.1. The monoisotopic (exact) mass is 485 g/mol. The maximum atomic E-state index is 13.9. The average molecular weight is 486 g/mol. The van der Waals surface area contributed by atoms with E-state index in [4.69, 9.17) is 4.42 Å². The molecule has 1 aliphatic heterocycles. The topological polar surface area (TPSA) is 109 Å². The summed E-state index contributed by atoms with van der Waals surface area (Å²) in [6, 6.07) is 15.1. The smallest absolute Gasteiger partial charge is 0.269 e. The second kappa shape index (κ2) is 10.2. The minimum Gasteiger partial charge on any atom is -0.461 e. The van der Waals surface area contributed by atoms with E-state index in [9.17, 15) is 22.4 Å². The Morgan fingerprint density at radius 2 is 1.65 bits per heavy atom. The number of carbonyl (C=O) groups excluding carboxylic acids is 2. The van der Waals surface area contributed by atoms with Gasteiger partial charge >= 0.3 is 0 Å². The summed E-state index contributed by atoms with van der Waals surface area (Å²) in [6.07, 6.45) is 1.98. The molecule has 34 heavy (non-hydrogen) atoms. The number of nitrogens with zero attached hydrogens (tertiary/aromatic N) is 1. The van der Waals surface area contributed by atoms with Gasteiger partial charge < -0.3 is 4.42 Å². The molecule has 0 unspecified atom stereocenters. The lowest BCUT2D eigenvalue weighted by atomic mass is 10.1. The van der Waals surface area contributed by atoms with Crippen molar-refractivity contribution in [3.8, 4) is 11.3 Å². The zero-order valence-electron chi connectivity index (χ0n) is 18.3. The Kier molecular flexibility index (Phi) is 7.09. The third kappa shape index (κ3) is 5.35. The van der Waals surface area contributed by atoms with E-state index in [-0.39, 0.29) is 23.3 Å². The van der Waals surface area contributed by atoms with Crippen LogP contribution in [0.5, 0.6) is 0 Å². The molecule has 1 aliphatic rings. The van der Waals surface area contributed by atoms with E-state index in [0.717, 1.165) is 12.8 Å². The predicted molar refractivity (Wildman–Crippen MR) is 122 cm³/mol. The van der Waals surface area contributed by atoms with Crippen LogP contribution in [0.15, 0.2) is 70.0 Å². The number of aryl methyl sites for hydroxylation is 1. The van der Waals surface area contributed by atoms with Crippen LogP contribution in [0.2, 0.25) is 0 Å². The molecule has 2 N–H and O–H groups in total. The molecule has 10 heteroatoms. The van der Waals surface area contributed by atoms with Crippen molar-refractivity contribution in [1.29, 1.82) is 0 Å². The van der Waals surface area contributed by atoms with Crippen LogP contribution in [-0.4, -0.2) is 37.6 Å². The maximum Gasteiger partial charge on any atom is 0.269 e. The highest BCUT2D eigenvalue weighted by Gasteiger charge is 2.27. The molecule has 2 heterocycles. The van der Waals surface area contributed by atoms with E-state index in [2.05, 4.69) is 10.9 Å². The van der Waals surface area contributed by atoms with E-state index < -0.39 is 27.7 Å². The molecule has 0 saturated carbocycles. The molecule has 2 aromatic carbocycles. The van der Waals surface area contributed by atoms with E-state index in [1.807, 2.05) is 0 Å². The molecule has 1 saturated heterocycles. The molecule has 1 aromatic heterocycles. The standard InChI is InChI=1S/C24H24FN3O5S/c25-21-6-2-1-5-20(21)22-13-9-18(33-22)10-14-23(29)26-27-24(30)17-7-11-19(12-8-17)34(31,32)28-15-3-4-16-28/h1-2,5-9,11-13H,3-4,10,14-16H2,(H,26,29)(H,27,30). The molecular formula is C24H24FN3O5S. The van der Waals surface area contributed by atoms with Crippen LogP contribution in [0, 0.1) is 5.82 Å². The Labute approximate surface area is 196 Å². The van der Waals surface area contributed by atoms with Crippen molar-refractivity contribution in [1.82, 2.24) is 15.2 Å². The number of hydrogen-bond donors (Lipinski definition) is 2. The third-order valence-corrected chi connectivity index (χ3v) is 7.45. The van der Waals surface area contributed by atoms with Crippen LogP contribution in [0.3, 0.4) is 0 Å². The number of amides is 2. The predicted octanol–water partition coefficient (Wildman–Crippen LogP) is 3.26. The summed E-state index contributed by atoms with van der Waals surface area (Å²) in [4.78, 5) is 24.5. The highest BCUT2D eigenvalue weighted by atomic mass is 32.2. The highest BCUT2D eigenvalue weighted by molar-refractivity contribution is 7.89. The van der Waals surface area contributed by atoms with Gasteiger partial charge in [-0.3, -0.25) is 20.4 Å². The molecule has 3 aromatic rings. The summed E-state index contributed by atoms with van der Waals surface area (Å²) in [6.45, 7) is 0.998. The first kappa shape index (κ1) is 23.7. The van der Waals surface area contributed by atoms with Gasteiger partial charge in [0.05, 0.1) is 10.5 Å². The molecule has 0 bridgehead atoms. The second-order valence-corrected chi connectivity index (χ2v) is 9.82. The summed E-state index contributed by atoms with van der Waals surface area (Å²) in [5, 5.41) is 0. The minimum atomic E-state index is -3.56. The number of sulfonamides is 1. The van der Waals surface area contributed by atoms with Crippen molar-refractivity contribution in [3.63, 3.8) is 0 Å². The number of hydrogen-bond acceptors (Lipinski definition) is 5. The molecule has 0 aliphatic carbocycles. The van der Waals surface area contributed by atoms with Crippen molar-refractivity contribution >= 4 is 21.8 Å². The Bertz CT molecular complexity index is 1280. The first-order valence-corrected chi connectivity index (χ1v) is 12.3. The van der Waals surface area contributed by atoms with Gasteiger partial charge in [-0.2, -0.15) is 4.31 Å². The van der Waals surface area contributed by atoms with Gasteiger partial charge in [-0.05, 0) is 61.4 Å². The molecule has 8 nitrogen and oxygen atoms in total. The molecule has 0 spiro atoms. The molecule has 0 atom stereocenters. The third-order valence-electron chi connectivity index (χ3n) is 5.53. The van der Waals surface area contributed by atoms with Gasteiger partial charge in [0.1, 0.15) is 17.3 Å². The van der Waals surface area contributed by atoms with Crippen molar-refractivity contribution < 1.29 is 26.8 Å². The summed E-state index contributed by atoms with van der Waals surface area (Å²) in [5.41, 5.74) is 5.18. The average Bonchev–Trinajstić information content (AvgIpc) is 3.54. The van der Waals surface area contributed by atoms with Gasteiger partial charge in [-0.25, -0.2) is 12.8 Å². The van der Waals surface area contributed by atoms with Crippen molar-refractivity contribution in [3.05, 3.63) is 77.8 Å². The number of furan rings is 1. The first-order valence-electron chi connectivity index (χ1n) is 10.9. The van der Waals surface area contributed by atoms with E-state index in [1.165, 1.54) is 34.6 Å². The Balaban J connectivity index is 1.26. The first-order chi connectivity index (χ1) is 16.3. The van der Waals surface area contributed by atoms with Crippen LogP contribution in [-0.2, 0) is 21.2 Å². The van der Waals surface area contributed by atoms with Crippen molar-refractivity contribution in [2.75, 3.05) is 13.1 Å². The quantitative estimate of drug-likeness (QED) is 0.500. The van der Waals surface area contributed by atoms with E-state index in [0.29, 0.717) is 30.2 Å². The number of benzene rings is 2. The number of halogens is 1. The van der Waals surface area contributed by atoms with Gasteiger partial charge in [0.15, 0.2) is 0 Å². The molecule has 0 radical (unpaired) electrons. The van der Waals surface area contributed by atoms with Crippen molar-refractivity contribution in [2.45, 2.75) is 30.6 Å². The maximum absolute atomic E-state index is 13.9. The lowest BCUT2D eigenvalue weighted by molar-refractivity contribution is -0.121. The molecule has 1 fully saturated rings. The summed E-state index contributed by atoms with van der Waals surface area (Å²) >= 11 is 0. The molecule has 2 amide bonds. The van der Waals surface area contributed by atoms with Gasteiger partial charge in [-0.15, -0.1) is 0 Å². The minimum absolute atomic E-state index is 0.0392.